The number of carbonyl (C=O) groups is 3. The van der Waals surface area contributed by atoms with Crippen molar-refractivity contribution >= 4 is 28.6 Å². The summed E-state index contributed by atoms with van der Waals surface area (Å²) in [7, 11) is 1.80. The van der Waals surface area contributed by atoms with Gasteiger partial charge >= 0.3 is 6.18 Å². The van der Waals surface area contributed by atoms with Gasteiger partial charge in [0.15, 0.2) is 0 Å². The van der Waals surface area contributed by atoms with Crippen LogP contribution >= 0.6 is 0 Å². The number of halogens is 3. The maximum atomic E-state index is 14.2. The second-order valence-electron chi connectivity index (χ2n) is 13.8. The highest BCUT2D eigenvalue weighted by Gasteiger charge is 2.70. The van der Waals surface area contributed by atoms with Gasteiger partial charge in [0.1, 0.15) is 17.8 Å². The van der Waals surface area contributed by atoms with Crippen molar-refractivity contribution in [2.75, 3.05) is 20.1 Å². The minimum absolute atomic E-state index is 0.170. The summed E-state index contributed by atoms with van der Waals surface area (Å²) >= 11 is 0. The molecule has 4 saturated heterocycles. The van der Waals surface area contributed by atoms with Crippen LogP contribution in [0.4, 0.5) is 13.2 Å². The van der Waals surface area contributed by atoms with Gasteiger partial charge in [0.25, 0.3) is 11.8 Å². The van der Waals surface area contributed by atoms with E-state index < -0.39 is 53.3 Å². The zero-order chi connectivity index (χ0) is 33.0. The number of carbonyl (C=O) groups excluding carboxylic acids is 3. The normalized spacial score (nSPS) is 33.6. The molecule has 0 spiro atoms. The van der Waals surface area contributed by atoms with E-state index >= 15 is 0 Å². The lowest BCUT2D eigenvalue weighted by molar-refractivity contribution is -0.315. The van der Waals surface area contributed by atoms with E-state index in [2.05, 4.69) is 10.3 Å². The Morgan fingerprint density at radius 1 is 1.15 bits per heavy atom. The molecule has 1 aromatic heterocycles. The number of piperazine rings is 1. The number of nitrogens with one attached hydrogen (secondary N) is 2. The lowest BCUT2D eigenvalue weighted by Crippen LogP contribution is -2.71. The molecule has 3 amide bonds. The number of hydrogen-bond acceptors (Lipinski definition) is 6. The standard InChI is InChI=1S/C34H36F3N5O5/c1-32(31(45)42-25(14-18-8-4-3-5-9-18)30(44)41-13-7-12-26(41)34(42,46)47-32)39-29(43)19-15-21-20-10-6-11-23-27(20)22(16-24(21)40(2)17-19)28(38-23)33(35,36)37/h3-6,8-11,19,21,24-26,38,46H,7,12-17H2,1-2H3,(H,39,43)/t19-,21?,24?,25?,26+,32-,34+/m1/s1. The highest BCUT2D eigenvalue weighted by Crippen LogP contribution is 2.49. The van der Waals surface area contributed by atoms with E-state index in [1.54, 1.807) is 24.1 Å². The van der Waals surface area contributed by atoms with Crippen LogP contribution in [0.1, 0.15) is 54.5 Å². The molecule has 1 aliphatic carbocycles. The first-order valence-corrected chi connectivity index (χ1v) is 16.1. The van der Waals surface area contributed by atoms with Crippen molar-refractivity contribution < 1.29 is 37.4 Å². The van der Waals surface area contributed by atoms with E-state index in [1.165, 1.54) is 6.92 Å². The van der Waals surface area contributed by atoms with Crippen LogP contribution in [0.25, 0.3) is 10.9 Å². The molecule has 13 heteroatoms. The summed E-state index contributed by atoms with van der Waals surface area (Å²) < 4.78 is 48.1. The van der Waals surface area contributed by atoms with Crippen molar-refractivity contribution in [2.45, 2.75) is 80.9 Å². The Balaban J connectivity index is 1.08. The summed E-state index contributed by atoms with van der Waals surface area (Å²) in [5.41, 5.74) is -0.430. The van der Waals surface area contributed by atoms with Crippen LogP contribution in [0.15, 0.2) is 48.5 Å². The molecule has 47 heavy (non-hydrogen) atoms. The van der Waals surface area contributed by atoms with Crippen LogP contribution in [-0.4, -0.2) is 92.4 Å². The van der Waals surface area contributed by atoms with Gasteiger partial charge in [-0.1, -0.05) is 42.5 Å². The fourth-order valence-corrected chi connectivity index (χ4v) is 8.98. The van der Waals surface area contributed by atoms with Crippen molar-refractivity contribution in [3.8, 4) is 0 Å². The third-order valence-electron chi connectivity index (χ3n) is 11.0. The number of fused-ring (bicyclic) bond motifs is 5. The maximum Gasteiger partial charge on any atom is 0.431 e. The largest absolute Gasteiger partial charge is 0.431 e. The van der Waals surface area contributed by atoms with Gasteiger partial charge in [0, 0.05) is 42.4 Å². The number of rotatable bonds is 4. The highest BCUT2D eigenvalue weighted by atomic mass is 19.4. The summed E-state index contributed by atoms with van der Waals surface area (Å²) in [6, 6.07) is 12.4. The van der Waals surface area contributed by atoms with Crippen molar-refractivity contribution in [1.82, 2.24) is 25.0 Å². The zero-order valence-electron chi connectivity index (χ0n) is 26.0. The molecule has 3 aromatic rings. The molecule has 3 N–H and O–H groups in total. The first-order chi connectivity index (χ1) is 22.3. The predicted molar refractivity (Wildman–Crippen MR) is 162 cm³/mol. The molecule has 5 heterocycles. The molecular formula is C34H36F3N5O5. The number of aromatic nitrogens is 1. The van der Waals surface area contributed by atoms with Crippen molar-refractivity contribution in [3.05, 3.63) is 70.9 Å². The molecule has 3 unspecified atom stereocenters. The van der Waals surface area contributed by atoms with Gasteiger partial charge in [0.2, 0.25) is 17.5 Å². The molecule has 2 aromatic carbocycles. The van der Waals surface area contributed by atoms with Crippen LogP contribution in [-0.2, 0) is 38.1 Å². The van der Waals surface area contributed by atoms with Crippen molar-refractivity contribution in [2.24, 2.45) is 5.92 Å². The highest BCUT2D eigenvalue weighted by molar-refractivity contribution is 5.97. The topological polar surface area (TPSA) is 118 Å². The van der Waals surface area contributed by atoms with Crippen molar-refractivity contribution in [1.29, 1.82) is 0 Å². The quantitative estimate of drug-likeness (QED) is 0.399. The summed E-state index contributed by atoms with van der Waals surface area (Å²) in [6.45, 7) is 2.10. The second kappa shape index (κ2) is 10.3. The molecule has 0 bridgehead atoms. The number of nitrogens with zero attached hydrogens (tertiary/aromatic N) is 3. The fourth-order valence-electron chi connectivity index (χ4n) is 8.98. The monoisotopic (exact) mass is 651 g/mol. The van der Waals surface area contributed by atoms with E-state index in [0.717, 1.165) is 16.0 Å². The van der Waals surface area contributed by atoms with Gasteiger partial charge in [-0.15, -0.1) is 0 Å². The third kappa shape index (κ3) is 4.46. The molecule has 0 radical (unpaired) electrons. The lowest BCUT2D eigenvalue weighted by Gasteiger charge is -2.48. The molecule has 5 aliphatic rings. The average Bonchev–Trinajstić information content (AvgIpc) is 3.72. The summed E-state index contributed by atoms with van der Waals surface area (Å²) in [6.07, 6.45) is -2.72. The van der Waals surface area contributed by atoms with Gasteiger partial charge in [-0.25, -0.2) is 0 Å². The van der Waals surface area contributed by atoms with Crippen LogP contribution in [0.5, 0.6) is 0 Å². The van der Waals surface area contributed by atoms with Gasteiger partial charge in [0.05, 0.1) is 5.92 Å². The van der Waals surface area contributed by atoms with Crippen LogP contribution in [0.3, 0.4) is 0 Å². The van der Waals surface area contributed by atoms with Gasteiger partial charge in [-0.2, -0.15) is 13.2 Å². The summed E-state index contributed by atoms with van der Waals surface area (Å²) in [5.74, 6) is -4.40. The average molecular weight is 652 g/mol. The fraction of sp³-hybridized carbons (Fsp3) is 0.500. The number of piperidine rings is 1. The molecule has 4 fully saturated rings. The lowest BCUT2D eigenvalue weighted by atomic mass is 9.72. The first-order valence-electron chi connectivity index (χ1n) is 16.1. The van der Waals surface area contributed by atoms with E-state index in [-0.39, 0.29) is 42.8 Å². The molecule has 248 valence electrons. The molecule has 10 nitrogen and oxygen atoms in total. The maximum absolute atomic E-state index is 14.2. The third-order valence-corrected chi connectivity index (χ3v) is 11.0. The van der Waals surface area contributed by atoms with E-state index in [9.17, 15) is 32.7 Å². The number of alkyl halides is 3. The summed E-state index contributed by atoms with van der Waals surface area (Å²) in [4.78, 5) is 49.2. The van der Waals surface area contributed by atoms with Gasteiger partial charge in [-0.05, 0) is 62.4 Å². The number of H-pyrrole nitrogens is 1. The number of aliphatic hydroxyl groups is 1. The van der Waals surface area contributed by atoms with Crippen LogP contribution in [0.2, 0.25) is 0 Å². The number of ether oxygens (including phenoxy) is 1. The Labute approximate surface area is 268 Å². The minimum atomic E-state index is -4.52. The Hall–Kier alpha value is -3.94. The molecule has 7 atom stereocenters. The molecule has 0 saturated carbocycles. The Kier molecular flexibility index (Phi) is 6.65. The SMILES string of the molecule is CN1C[C@H](C(=O)N[C@]2(C)O[C@@]3(O)[C@@H]4CCCN4C(=O)C(Cc4ccccc4)N3C2=O)CC2c3cccc4[nH]c(C(F)(F)F)c(c34)CC21. The molecule has 4 aliphatic heterocycles. The number of hydrogen-bond donors (Lipinski definition) is 3. The van der Waals surface area contributed by atoms with E-state index in [1.807, 2.05) is 41.3 Å². The Morgan fingerprint density at radius 3 is 2.66 bits per heavy atom. The molecule has 8 rings (SSSR count). The van der Waals surface area contributed by atoms with E-state index in [0.29, 0.717) is 36.7 Å². The van der Waals surface area contributed by atoms with Crippen LogP contribution in [0, 0.1) is 5.92 Å². The predicted octanol–water partition coefficient (Wildman–Crippen LogP) is 3.10. The second-order valence-corrected chi connectivity index (χ2v) is 13.8. The number of likely N-dealkylation sites (N-methyl/N-ethyl adjacent to an activating group) is 1. The van der Waals surface area contributed by atoms with Crippen LogP contribution < -0.4 is 5.32 Å². The smallest absolute Gasteiger partial charge is 0.351 e. The van der Waals surface area contributed by atoms with Gasteiger partial charge < -0.3 is 25.2 Å². The number of aromatic amines is 1. The first kappa shape index (κ1) is 30.4. The number of benzene rings is 2. The van der Waals surface area contributed by atoms with Gasteiger partial charge in [-0.3, -0.25) is 24.0 Å². The number of likely N-dealkylation sites (tertiary alicyclic amines) is 1. The number of amides is 3. The Morgan fingerprint density at radius 2 is 1.91 bits per heavy atom. The Bertz CT molecular complexity index is 1800. The zero-order valence-corrected chi connectivity index (χ0v) is 26.0. The van der Waals surface area contributed by atoms with E-state index in [4.69, 9.17) is 4.74 Å². The minimum Gasteiger partial charge on any atom is -0.351 e. The molecular weight excluding hydrogens is 615 g/mol. The summed E-state index contributed by atoms with van der Waals surface area (Å²) in [5, 5.41) is 15.4. The van der Waals surface area contributed by atoms with Crippen molar-refractivity contribution in [3.63, 3.8) is 0 Å².